The number of nitrogens with zero attached hydrogens (tertiary/aromatic N) is 1. The van der Waals surface area contributed by atoms with Gasteiger partial charge in [0.25, 0.3) is 0 Å². The van der Waals surface area contributed by atoms with Gasteiger partial charge in [-0.1, -0.05) is 0 Å². The first-order chi connectivity index (χ1) is 9.95. The largest absolute Gasteiger partial charge is 0 e. The molecule has 0 aliphatic rings. The first-order valence-corrected chi connectivity index (χ1v) is 14.7. The number of rotatable bonds is 2. The van der Waals surface area contributed by atoms with Gasteiger partial charge in [0, 0.05) is 20.1 Å². The molecule has 1 heterocycles. The third kappa shape index (κ3) is 3.51. The van der Waals surface area contributed by atoms with E-state index in [2.05, 4.69) is 78.9 Å². The maximum absolute atomic E-state index is 4.70. The zero-order chi connectivity index (χ0) is 15.0. The smallest absolute Gasteiger partial charge is 0 e. The molecule has 1 nitrogen and oxygen atoms in total. The molecule has 0 saturated carbocycles. The standard InChI is InChI=1S/C19H20GeN.Ir/c1-14-11-19(21-13-18(14)20(2,3)4)17-10-9-15-7-5-6-8-16(15)12-17;/h5-9,11-13H,1-4H3;/q-1;. The van der Waals surface area contributed by atoms with Gasteiger partial charge in [-0.3, -0.25) is 0 Å². The predicted octanol–water partition coefficient (Wildman–Crippen LogP) is 4.55. The molecule has 0 N–H and O–H groups in total. The Bertz CT molecular complexity index is 806. The van der Waals surface area contributed by atoms with Gasteiger partial charge >= 0.3 is 129 Å². The molecular formula is C19H20GeIrN-. The van der Waals surface area contributed by atoms with E-state index >= 15 is 0 Å². The van der Waals surface area contributed by atoms with Crippen LogP contribution in [-0.4, -0.2) is 18.3 Å². The minimum Gasteiger partial charge on any atom is 0 e. The number of aromatic nitrogens is 1. The van der Waals surface area contributed by atoms with Gasteiger partial charge in [-0.25, -0.2) is 0 Å². The second kappa shape index (κ2) is 6.66. The van der Waals surface area contributed by atoms with Crippen LogP contribution in [0, 0.1) is 13.0 Å². The molecule has 115 valence electrons. The average molecular weight is 527 g/mol. The van der Waals surface area contributed by atoms with Crippen molar-refractivity contribution in [2.75, 3.05) is 0 Å². The van der Waals surface area contributed by atoms with E-state index in [1.165, 1.54) is 20.7 Å². The molecule has 0 amide bonds. The predicted molar refractivity (Wildman–Crippen MR) is 93.7 cm³/mol. The van der Waals surface area contributed by atoms with Crippen molar-refractivity contribution in [1.82, 2.24) is 4.98 Å². The van der Waals surface area contributed by atoms with Gasteiger partial charge in [-0.2, -0.15) is 0 Å². The number of hydrogen-bond donors (Lipinski definition) is 0. The molecule has 3 aromatic rings. The summed E-state index contributed by atoms with van der Waals surface area (Å²) < 4.78 is 1.49. The van der Waals surface area contributed by atoms with Crippen molar-refractivity contribution < 1.29 is 20.1 Å². The molecule has 0 saturated heterocycles. The zero-order valence-electron chi connectivity index (χ0n) is 13.4. The average Bonchev–Trinajstić information content (AvgIpc) is 2.45. The van der Waals surface area contributed by atoms with Gasteiger partial charge in [0.15, 0.2) is 0 Å². The number of fused-ring (bicyclic) bond motifs is 1. The molecule has 1 aromatic heterocycles. The second-order valence-corrected chi connectivity index (χ2v) is 17.2. The summed E-state index contributed by atoms with van der Waals surface area (Å²) in [4.78, 5) is 4.70. The van der Waals surface area contributed by atoms with Gasteiger partial charge in [0.2, 0.25) is 0 Å². The first kappa shape index (κ1) is 17.4. The Kier molecular flexibility index (Phi) is 5.26. The van der Waals surface area contributed by atoms with E-state index in [0.29, 0.717) is 0 Å². The molecule has 22 heavy (non-hydrogen) atoms. The van der Waals surface area contributed by atoms with Gasteiger partial charge < -0.3 is 0 Å². The molecule has 0 aliphatic carbocycles. The van der Waals surface area contributed by atoms with Crippen molar-refractivity contribution in [3.05, 3.63) is 60.3 Å². The Morgan fingerprint density at radius 1 is 1.00 bits per heavy atom. The van der Waals surface area contributed by atoms with Gasteiger partial charge in [-0.05, 0) is 0 Å². The van der Waals surface area contributed by atoms with Crippen molar-refractivity contribution in [3.63, 3.8) is 0 Å². The fourth-order valence-electron chi connectivity index (χ4n) is 2.76. The molecule has 3 rings (SSSR count). The Morgan fingerprint density at radius 3 is 2.32 bits per heavy atom. The fraction of sp³-hybridized carbons (Fsp3) is 0.211. The third-order valence-electron chi connectivity index (χ3n) is 3.87. The van der Waals surface area contributed by atoms with Crippen molar-refractivity contribution in [2.45, 2.75) is 24.2 Å². The third-order valence-corrected chi connectivity index (χ3v) is 8.36. The van der Waals surface area contributed by atoms with E-state index in [1.807, 2.05) is 0 Å². The van der Waals surface area contributed by atoms with Crippen LogP contribution in [0.4, 0.5) is 0 Å². The maximum atomic E-state index is 4.70. The number of benzene rings is 2. The second-order valence-electron chi connectivity index (χ2n) is 6.61. The summed E-state index contributed by atoms with van der Waals surface area (Å²) in [7, 11) is 0. The van der Waals surface area contributed by atoms with Crippen LogP contribution < -0.4 is 4.40 Å². The number of pyridine rings is 1. The quantitative estimate of drug-likeness (QED) is 0.352. The molecule has 0 bridgehead atoms. The van der Waals surface area contributed by atoms with E-state index in [0.717, 1.165) is 11.3 Å². The Hall–Kier alpha value is -0.958. The molecule has 1 radical (unpaired) electrons. The van der Waals surface area contributed by atoms with E-state index in [1.54, 1.807) is 0 Å². The SMILES string of the molecule is Cc1cc(-c2[c-]cc3ccccc3c2)nc[c]1[Ge]([CH3])([CH3])[CH3].[Ir]. The van der Waals surface area contributed by atoms with Crippen molar-refractivity contribution in [3.8, 4) is 11.3 Å². The Balaban J connectivity index is 0.00000176. The molecule has 0 spiro atoms. The van der Waals surface area contributed by atoms with Crippen LogP contribution in [0.5, 0.6) is 0 Å². The van der Waals surface area contributed by atoms with E-state index in [-0.39, 0.29) is 20.1 Å². The summed E-state index contributed by atoms with van der Waals surface area (Å²) >= 11 is -1.82. The van der Waals surface area contributed by atoms with E-state index < -0.39 is 13.3 Å². The molecule has 0 unspecified atom stereocenters. The molecule has 0 atom stereocenters. The number of hydrogen-bond acceptors (Lipinski definition) is 1. The fourth-order valence-corrected chi connectivity index (χ4v) is 6.34. The van der Waals surface area contributed by atoms with E-state index in [4.69, 9.17) is 4.98 Å². The van der Waals surface area contributed by atoms with Gasteiger partial charge in [0.1, 0.15) is 0 Å². The molecule has 2 aromatic carbocycles. The molecule has 0 fully saturated rings. The summed E-state index contributed by atoms with van der Waals surface area (Å²) in [5.41, 5.74) is 3.47. The summed E-state index contributed by atoms with van der Waals surface area (Å²) in [6.07, 6.45) is 2.09. The summed E-state index contributed by atoms with van der Waals surface area (Å²) in [5.74, 6) is 7.23. The van der Waals surface area contributed by atoms with Crippen LogP contribution in [0.15, 0.2) is 48.7 Å². The van der Waals surface area contributed by atoms with Crippen molar-refractivity contribution in [1.29, 1.82) is 0 Å². The summed E-state index contributed by atoms with van der Waals surface area (Å²) in [5, 5.41) is 2.46. The van der Waals surface area contributed by atoms with Crippen LogP contribution in [0.1, 0.15) is 5.56 Å². The summed E-state index contributed by atoms with van der Waals surface area (Å²) in [6, 6.07) is 18.2. The van der Waals surface area contributed by atoms with Crippen LogP contribution in [-0.2, 0) is 20.1 Å². The topological polar surface area (TPSA) is 12.9 Å². The van der Waals surface area contributed by atoms with Gasteiger partial charge in [0.05, 0.1) is 0 Å². The van der Waals surface area contributed by atoms with Crippen LogP contribution in [0.25, 0.3) is 22.0 Å². The molecule has 3 heteroatoms. The van der Waals surface area contributed by atoms with Crippen molar-refractivity contribution >= 4 is 28.4 Å². The van der Waals surface area contributed by atoms with Gasteiger partial charge in [-0.15, -0.1) is 0 Å². The zero-order valence-corrected chi connectivity index (χ0v) is 17.9. The number of aryl methyl sites for hydroxylation is 1. The Labute approximate surface area is 148 Å². The van der Waals surface area contributed by atoms with Crippen LogP contribution >= 0.6 is 0 Å². The van der Waals surface area contributed by atoms with Crippen molar-refractivity contribution in [2.24, 2.45) is 0 Å². The normalized spacial score (nSPS) is 11.3. The minimum atomic E-state index is -1.82. The minimum absolute atomic E-state index is 0. The molecular weight excluding hydrogens is 507 g/mol. The molecule has 0 aliphatic heterocycles. The maximum Gasteiger partial charge on any atom is 0 e. The monoisotopic (exact) mass is 529 g/mol. The summed E-state index contributed by atoms with van der Waals surface area (Å²) in [6.45, 7) is 2.21. The Morgan fingerprint density at radius 2 is 1.68 bits per heavy atom. The first-order valence-electron chi connectivity index (χ1n) is 7.33. The van der Waals surface area contributed by atoms with E-state index in [9.17, 15) is 0 Å². The van der Waals surface area contributed by atoms with Crippen LogP contribution in [0.2, 0.25) is 17.3 Å². The van der Waals surface area contributed by atoms with Crippen LogP contribution in [0.3, 0.4) is 0 Å².